The minimum atomic E-state index is -0.737. The summed E-state index contributed by atoms with van der Waals surface area (Å²) in [5.74, 6) is 11.3. The molecular formula is C26H36O. The maximum absolute atomic E-state index is 11.0. The summed E-state index contributed by atoms with van der Waals surface area (Å²) in [6.45, 7) is 9.17. The largest absolute Gasteiger partial charge is 0.377 e. The molecule has 5 aliphatic carbocycles. The van der Waals surface area contributed by atoms with Gasteiger partial charge in [0.2, 0.25) is 0 Å². The molecule has 1 N–H and O–H groups in total. The minimum absolute atomic E-state index is 0.490. The fourth-order valence-electron chi connectivity index (χ4n) is 7.67. The molecule has 0 unspecified atom stereocenters. The second kappa shape index (κ2) is 6.25. The smallest absolute Gasteiger partial charge is 0.129 e. The summed E-state index contributed by atoms with van der Waals surface area (Å²) in [5.41, 5.74) is 2.72. The first kappa shape index (κ1) is 18.1. The van der Waals surface area contributed by atoms with Crippen LogP contribution in [-0.2, 0) is 0 Å². The third kappa shape index (κ3) is 2.95. The summed E-state index contributed by atoms with van der Waals surface area (Å²) < 4.78 is 0. The van der Waals surface area contributed by atoms with E-state index < -0.39 is 5.60 Å². The van der Waals surface area contributed by atoms with Crippen LogP contribution in [0.15, 0.2) is 23.8 Å². The quantitative estimate of drug-likeness (QED) is 0.454. The maximum atomic E-state index is 11.0. The van der Waals surface area contributed by atoms with Crippen molar-refractivity contribution in [1.29, 1.82) is 0 Å². The highest BCUT2D eigenvalue weighted by Crippen LogP contribution is 2.64. The van der Waals surface area contributed by atoms with Crippen molar-refractivity contribution >= 4 is 0 Å². The molecule has 5 rings (SSSR count). The second-order valence-electron chi connectivity index (χ2n) is 10.9. The van der Waals surface area contributed by atoms with E-state index in [1.807, 2.05) is 0 Å². The molecule has 0 aromatic carbocycles. The Morgan fingerprint density at radius 2 is 1.93 bits per heavy atom. The van der Waals surface area contributed by atoms with Gasteiger partial charge in [0.25, 0.3) is 0 Å². The standard InChI is InChI=1S/C26H36O/c1-17(2)23-8-9-24-22-7-6-19-16-26(27,14-10-18-4-5-18)15-12-20(19)21(22)11-13-25(23,24)3/h6,18,20-24,27H,1,4-5,7-9,11-13,15-16H2,2-3H3/t20-,21+,22+,23+,24-,25+,26+/m0/s1. The van der Waals surface area contributed by atoms with Gasteiger partial charge in [-0.25, -0.2) is 0 Å². The summed E-state index contributed by atoms with van der Waals surface area (Å²) >= 11 is 0. The van der Waals surface area contributed by atoms with Gasteiger partial charge in [-0.05, 0) is 99.7 Å². The molecule has 0 aromatic heterocycles. The molecule has 0 amide bonds. The maximum Gasteiger partial charge on any atom is 0.129 e. The first-order valence-corrected chi connectivity index (χ1v) is 11.5. The molecule has 1 nitrogen and oxygen atoms in total. The molecule has 7 atom stereocenters. The van der Waals surface area contributed by atoms with Crippen LogP contribution in [0.4, 0.5) is 0 Å². The van der Waals surface area contributed by atoms with E-state index in [0.29, 0.717) is 11.3 Å². The molecule has 0 spiro atoms. The van der Waals surface area contributed by atoms with E-state index in [4.69, 9.17) is 0 Å². The number of allylic oxidation sites excluding steroid dienone is 2. The molecule has 0 aliphatic heterocycles. The number of hydrogen-bond acceptors (Lipinski definition) is 1. The van der Waals surface area contributed by atoms with Gasteiger partial charge in [0.1, 0.15) is 5.60 Å². The number of aliphatic hydroxyl groups is 1. The van der Waals surface area contributed by atoms with Gasteiger partial charge in [0, 0.05) is 12.3 Å². The topological polar surface area (TPSA) is 20.2 Å². The van der Waals surface area contributed by atoms with Gasteiger partial charge in [0.05, 0.1) is 0 Å². The molecule has 27 heavy (non-hydrogen) atoms. The fourth-order valence-corrected chi connectivity index (χ4v) is 7.67. The van der Waals surface area contributed by atoms with Crippen LogP contribution < -0.4 is 0 Å². The molecule has 4 fully saturated rings. The van der Waals surface area contributed by atoms with Gasteiger partial charge in [0.15, 0.2) is 0 Å². The summed E-state index contributed by atoms with van der Waals surface area (Å²) in [4.78, 5) is 0. The summed E-state index contributed by atoms with van der Waals surface area (Å²) in [6, 6.07) is 0. The zero-order valence-electron chi connectivity index (χ0n) is 17.3. The Morgan fingerprint density at radius 3 is 2.67 bits per heavy atom. The molecule has 0 radical (unpaired) electrons. The lowest BCUT2D eigenvalue weighted by atomic mass is 9.51. The lowest BCUT2D eigenvalue weighted by Crippen LogP contribution is -2.47. The van der Waals surface area contributed by atoms with Crippen LogP contribution >= 0.6 is 0 Å². The summed E-state index contributed by atoms with van der Waals surface area (Å²) in [5, 5.41) is 11.0. The van der Waals surface area contributed by atoms with Crippen LogP contribution in [0.25, 0.3) is 0 Å². The Bertz CT molecular complexity index is 731. The first-order chi connectivity index (χ1) is 12.9. The number of fused-ring (bicyclic) bond motifs is 5. The molecule has 146 valence electrons. The van der Waals surface area contributed by atoms with Crippen LogP contribution in [-0.4, -0.2) is 10.7 Å². The van der Waals surface area contributed by atoms with E-state index in [-0.39, 0.29) is 0 Å². The average molecular weight is 365 g/mol. The third-order valence-electron chi connectivity index (χ3n) is 9.18. The molecule has 1 heteroatoms. The highest BCUT2D eigenvalue weighted by atomic mass is 16.3. The van der Waals surface area contributed by atoms with Crippen LogP contribution in [0, 0.1) is 52.8 Å². The molecule has 0 bridgehead atoms. The third-order valence-corrected chi connectivity index (χ3v) is 9.18. The minimum Gasteiger partial charge on any atom is -0.377 e. The molecule has 5 aliphatic rings. The lowest BCUT2D eigenvalue weighted by Gasteiger charge is -2.54. The van der Waals surface area contributed by atoms with Crippen molar-refractivity contribution in [2.45, 2.75) is 83.7 Å². The Balaban J connectivity index is 1.36. The summed E-state index contributed by atoms with van der Waals surface area (Å²) in [7, 11) is 0. The Hall–Kier alpha value is -1.00. The molecule has 0 aromatic rings. The van der Waals surface area contributed by atoms with Gasteiger partial charge in [-0.3, -0.25) is 0 Å². The number of rotatable bonds is 1. The van der Waals surface area contributed by atoms with Crippen LogP contribution in [0.5, 0.6) is 0 Å². The zero-order chi connectivity index (χ0) is 18.8. The lowest BCUT2D eigenvalue weighted by molar-refractivity contribution is -0.0199. The van der Waals surface area contributed by atoms with E-state index >= 15 is 0 Å². The molecule has 0 saturated heterocycles. The molecular weight excluding hydrogens is 328 g/mol. The van der Waals surface area contributed by atoms with Crippen molar-refractivity contribution in [3.8, 4) is 11.8 Å². The van der Waals surface area contributed by atoms with Gasteiger partial charge in [-0.2, -0.15) is 0 Å². The Kier molecular flexibility index (Phi) is 4.18. The average Bonchev–Trinajstić information content (AvgIpc) is 3.39. The van der Waals surface area contributed by atoms with E-state index in [1.165, 1.54) is 50.5 Å². The van der Waals surface area contributed by atoms with E-state index in [9.17, 15) is 5.11 Å². The van der Waals surface area contributed by atoms with Crippen molar-refractivity contribution in [1.82, 2.24) is 0 Å². The normalized spacial score (nSPS) is 48.4. The number of hydrogen-bond donors (Lipinski definition) is 1. The molecule has 0 heterocycles. The zero-order valence-corrected chi connectivity index (χ0v) is 17.3. The van der Waals surface area contributed by atoms with Crippen LogP contribution in [0.3, 0.4) is 0 Å². The van der Waals surface area contributed by atoms with E-state index in [1.54, 1.807) is 5.57 Å². The van der Waals surface area contributed by atoms with E-state index in [0.717, 1.165) is 48.9 Å². The van der Waals surface area contributed by atoms with E-state index in [2.05, 4.69) is 38.3 Å². The van der Waals surface area contributed by atoms with Crippen molar-refractivity contribution in [2.24, 2.45) is 40.9 Å². The second-order valence-corrected chi connectivity index (χ2v) is 10.9. The molecule has 4 saturated carbocycles. The fraction of sp³-hybridized carbons (Fsp3) is 0.769. The van der Waals surface area contributed by atoms with Gasteiger partial charge in [-0.1, -0.05) is 42.6 Å². The van der Waals surface area contributed by atoms with Crippen molar-refractivity contribution in [3.05, 3.63) is 23.8 Å². The van der Waals surface area contributed by atoms with Crippen molar-refractivity contribution in [2.75, 3.05) is 0 Å². The van der Waals surface area contributed by atoms with Crippen LogP contribution in [0.2, 0.25) is 0 Å². The highest BCUT2D eigenvalue weighted by molar-refractivity contribution is 5.29. The predicted molar refractivity (Wildman–Crippen MR) is 111 cm³/mol. The van der Waals surface area contributed by atoms with Gasteiger partial charge in [-0.15, -0.1) is 0 Å². The SMILES string of the molecule is C=C(C)[C@H]1CC[C@H]2[C@@H]3CC=C4C[C@@](O)(C#CC5CC5)CC[C@@H]4[C@H]3CC[C@]12C. The summed E-state index contributed by atoms with van der Waals surface area (Å²) in [6.07, 6.45) is 14.6. The highest BCUT2D eigenvalue weighted by Gasteiger charge is 2.56. The predicted octanol–water partition coefficient (Wildman–Crippen LogP) is 5.90. The van der Waals surface area contributed by atoms with Crippen molar-refractivity contribution < 1.29 is 5.11 Å². The first-order valence-electron chi connectivity index (χ1n) is 11.5. The van der Waals surface area contributed by atoms with Gasteiger partial charge >= 0.3 is 0 Å². The Morgan fingerprint density at radius 1 is 1.11 bits per heavy atom. The monoisotopic (exact) mass is 364 g/mol. The van der Waals surface area contributed by atoms with Gasteiger partial charge < -0.3 is 5.11 Å². The Labute approximate surface area is 165 Å². The van der Waals surface area contributed by atoms with Crippen LogP contribution in [0.1, 0.15) is 78.1 Å². The van der Waals surface area contributed by atoms with Crippen molar-refractivity contribution in [3.63, 3.8) is 0 Å².